The Morgan fingerprint density at radius 2 is 1.83 bits per heavy atom. The number of carbonyl (C=O) groups excluding carboxylic acids is 1. The van der Waals surface area contributed by atoms with Crippen LogP contribution in [-0.4, -0.2) is 47.0 Å². The first-order valence-electron chi connectivity index (χ1n) is 7.76. The van der Waals surface area contributed by atoms with Crippen molar-refractivity contribution in [3.63, 3.8) is 0 Å². The lowest BCUT2D eigenvalue weighted by atomic mass is 9.92. The molecule has 1 aliphatic rings. The largest absolute Gasteiger partial charge is 0.491 e. The second-order valence-corrected chi connectivity index (χ2v) is 6.93. The Morgan fingerprint density at radius 3 is 2.35 bits per heavy atom. The molecule has 0 aliphatic carbocycles. The van der Waals surface area contributed by atoms with Crippen LogP contribution in [0.1, 0.15) is 33.6 Å². The minimum absolute atomic E-state index is 0.112. The molecule has 0 saturated carbocycles. The predicted molar refractivity (Wildman–Crippen MR) is 83.9 cm³/mol. The zero-order chi connectivity index (χ0) is 17.1. The zero-order valence-corrected chi connectivity index (χ0v) is 13.8. The summed E-state index contributed by atoms with van der Waals surface area (Å²) in [6.45, 7) is 6.41. The molecule has 0 spiro atoms. The monoisotopic (exact) mass is 325 g/mol. The van der Waals surface area contributed by atoms with Gasteiger partial charge in [0.15, 0.2) is 0 Å². The topological polar surface area (TPSA) is 59.0 Å². The highest BCUT2D eigenvalue weighted by Gasteiger charge is 2.36. The summed E-state index contributed by atoms with van der Waals surface area (Å²) in [5, 5.41) is 10.5. The molecule has 0 aromatic heterocycles. The van der Waals surface area contributed by atoms with Crippen molar-refractivity contribution < 1.29 is 23.8 Å². The number of amides is 1. The van der Waals surface area contributed by atoms with Gasteiger partial charge in [-0.2, -0.15) is 0 Å². The molecular formula is C17H24FNO4. The van der Waals surface area contributed by atoms with Crippen LogP contribution in [0.25, 0.3) is 0 Å². The van der Waals surface area contributed by atoms with Crippen molar-refractivity contribution in [3.05, 3.63) is 30.1 Å². The molecule has 1 aromatic carbocycles. The van der Waals surface area contributed by atoms with Gasteiger partial charge in [0.25, 0.3) is 0 Å². The van der Waals surface area contributed by atoms with E-state index in [1.807, 2.05) is 20.8 Å². The summed E-state index contributed by atoms with van der Waals surface area (Å²) in [5.74, 6) is 0.177. The summed E-state index contributed by atoms with van der Waals surface area (Å²) in [6.07, 6.45) is 0.458. The Bertz CT molecular complexity index is 531. The Hall–Kier alpha value is -1.82. The van der Waals surface area contributed by atoms with Crippen LogP contribution in [0, 0.1) is 5.82 Å². The summed E-state index contributed by atoms with van der Waals surface area (Å²) in [7, 11) is 0. The maximum absolute atomic E-state index is 12.8. The van der Waals surface area contributed by atoms with E-state index in [1.54, 1.807) is 4.90 Å². The third-order valence-electron chi connectivity index (χ3n) is 3.67. The lowest BCUT2D eigenvalue weighted by molar-refractivity contribution is -0.0561. The SMILES string of the molecule is CC(C)(C)OC(=O)N1CCC(O)(COc2ccc(F)cc2)CC1. The number of aliphatic hydroxyl groups is 1. The first kappa shape index (κ1) is 17.5. The number of piperidine rings is 1. The highest BCUT2D eigenvalue weighted by atomic mass is 19.1. The smallest absolute Gasteiger partial charge is 0.410 e. The molecule has 0 unspecified atom stereocenters. The fourth-order valence-electron chi connectivity index (χ4n) is 2.32. The van der Waals surface area contributed by atoms with Crippen molar-refractivity contribution in [2.45, 2.75) is 44.8 Å². The van der Waals surface area contributed by atoms with Gasteiger partial charge in [-0.3, -0.25) is 0 Å². The minimum atomic E-state index is -0.993. The van der Waals surface area contributed by atoms with Gasteiger partial charge in [0.05, 0.1) is 0 Å². The predicted octanol–water partition coefficient (Wildman–Crippen LogP) is 2.97. The molecule has 1 aliphatic heterocycles. The van der Waals surface area contributed by atoms with Gasteiger partial charge in [-0.05, 0) is 57.9 Å². The van der Waals surface area contributed by atoms with Crippen molar-refractivity contribution in [1.29, 1.82) is 0 Å². The summed E-state index contributed by atoms with van der Waals surface area (Å²) in [5.41, 5.74) is -1.52. The van der Waals surface area contributed by atoms with Crippen molar-refractivity contribution in [1.82, 2.24) is 4.90 Å². The fraction of sp³-hybridized carbons (Fsp3) is 0.588. The quantitative estimate of drug-likeness (QED) is 0.928. The molecule has 5 nitrogen and oxygen atoms in total. The minimum Gasteiger partial charge on any atom is -0.491 e. The fourth-order valence-corrected chi connectivity index (χ4v) is 2.32. The molecule has 0 bridgehead atoms. The first-order valence-corrected chi connectivity index (χ1v) is 7.76. The van der Waals surface area contributed by atoms with E-state index >= 15 is 0 Å². The van der Waals surface area contributed by atoms with Crippen LogP contribution in [0.15, 0.2) is 24.3 Å². The molecule has 1 amide bonds. The maximum Gasteiger partial charge on any atom is 0.410 e. The molecule has 1 fully saturated rings. The normalized spacial score (nSPS) is 17.7. The zero-order valence-electron chi connectivity index (χ0n) is 13.8. The van der Waals surface area contributed by atoms with Crippen LogP contribution in [0.5, 0.6) is 5.75 Å². The molecule has 1 aromatic rings. The molecule has 128 valence electrons. The molecule has 0 atom stereocenters. The van der Waals surface area contributed by atoms with Crippen LogP contribution in [0.4, 0.5) is 9.18 Å². The van der Waals surface area contributed by atoms with Crippen molar-refractivity contribution >= 4 is 6.09 Å². The van der Waals surface area contributed by atoms with Crippen LogP contribution in [0.3, 0.4) is 0 Å². The van der Waals surface area contributed by atoms with Crippen LogP contribution >= 0.6 is 0 Å². The Balaban J connectivity index is 1.82. The van der Waals surface area contributed by atoms with E-state index in [9.17, 15) is 14.3 Å². The van der Waals surface area contributed by atoms with Crippen molar-refractivity contribution in [2.75, 3.05) is 19.7 Å². The molecule has 6 heteroatoms. The second kappa shape index (κ2) is 6.74. The number of ether oxygens (including phenoxy) is 2. The van der Waals surface area contributed by atoms with Crippen molar-refractivity contribution in [2.24, 2.45) is 0 Å². The molecule has 1 N–H and O–H groups in total. The van der Waals surface area contributed by atoms with E-state index in [2.05, 4.69) is 0 Å². The summed E-state index contributed by atoms with van der Waals surface area (Å²) in [4.78, 5) is 13.6. The standard InChI is InChI=1S/C17H24FNO4/c1-16(2,3)23-15(20)19-10-8-17(21,9-11-19)12-22-14-6-4-13(18)5-7-14/h4-7,21H,8-12H2,1-3H3. The van der Waals surface area contributed by atoms with Gasteiger partial charge in [0.2, 0.25) is 0 Å². The van der Waals surface area contributed by atoms with Gasteiger partial charge in [0, 0.05) is 13.1 Å². The van der Waals surface area contributed by atoms with Crippen LogP contribution < -0.4 is 4.74 Å². The summed E-state index contributed by atoms with van der Waals surface area (Å²) < 4.78 is 23.7. The Kier molecular flexibility index (Phi) is 5.14. The lowest BCUT2D eigenvalue weighted by Gasteiger charge is -2.38. The number of hydrogen-bond acceptors (Lipinski definition) is 4. The molecule has 23 heavy (non-hydrogen) atoms. The average Bonchev–Trinajstić information content (AvgIpc) is 2.46. The first-order chi connectivity index (χ1) is 10.7. The van der Waals surface area contributed by atoms with E-state index in [-0.39, 0.29) is 18.5 Å². The number of carbonyl (C=O) groups is 1. The number of nitrogens with zero attached hydrogens (tertiary/aromatic N) is 1. The lowest BCUT2D eigenvalue weighted by Crippen LogP contribution is -2.50. The molecule has 0 radical (unpaired) electrons. The van der Waals surface area contributed by atoms with Crippen LogP contribution in [0.2, 0.25) is 0 Å². The van der Waals surface area contributed by atoms with Gasteiger partial charge in [-0.15, -0.1) is 0 Å². The van der Waals surface area contributed by atoms with E-state index in [0.717, 1.165) is 0 Å². The summed E-state index contributed by atoms with van der Waals surface area (Å²) in [6, 6.07) is 5.66. The van der Waals surface area contributed by atoms with Gasteiger partial charge in [-0.25, -0.2) is 9.18 Å². The average molecular weight is 325 g/mol. The Morgan fingerprint density at radius 1 is 1.26 bits per heavy atom. The number of rotatable bonds is 3. The number of likely N-dealkylation sites (tertiary alicyclic amines) is 1. The van der Waals surface area contributed by atoms with Gasteiger partial charge in [-0.1, -0.05) is 0 Å². The molecule has 1 saturated heterocycles. The Labute approximate surface area is 136 Å². The number of benzene rings is 1. The number of hydrogen-bond donors (Lipinski definition) is 1. The number of halogens is 1. The molecule has 2 rings (SSSR count). The second-order valence-electron chi connectivity index (χ2n) is 6.93. The molecular weight excluding hydrogens is 301 g/mol. The molecule has 1 heterocycles. The summed E-state index contributed by atoms with van der Waals surface area (Å²) >= 11 is 0. The van der Waals surface area contributed by atoms with E-state index in [1.165, 1.54) is 24.3 Å². The van der Waals surface area contributed by atoms with E-state index in [4.69, 9.17) is 9.47 Å². The maximum atomic E-state index is 12.8. The van der Waals surface area contributed by atoms with Gasteiger partial charge < -0.3 is 19.5 Å². The highest BCUT2D eigenvalue weighted by Crippen LogP contribution is 2.25. The van der Waals surface area contributed by atoms with Gasteiger partial charge >= 0.3 is 6.09 Å². The highest BCUT2D eigenvalue weighted by molar-refractivity contribution is 5.68. The van der Waals surface area contributed by atoms with Gasteiger partial charge in [0.1, 0.15) is 29.4 Å². The van der Waals surface area contributed by atoms with E-state index < -0.39 is 11.2 Å². The van der Waals surface area contributed by atoms with E-state index in [0.29, 0.717) is 31.7 Å². The van der Waals surface area contributed by atoms with Crippen molar-refractivity contribution in [3.8, 4) is 5.75 Å². The third kappa shape index (κ3) is 5.39. The van der Waals surface area contributed by atoms with Crippen LogP contribution in [-0.2, 0) is 4.74 Å². The third-order valence-corrected chi connectivity index (χ3v) is 3.67.